The third-order valence-corrected chi connectivity index (χ3v) is 4.97. The highest BCUT2D eigenvalue weighted by molar-refractivity contribution is 7.13. The summed E-state index contributed by atoms with van der Waals surface area (Å²) >= 11 is 1.37. The molecule has 2 N–H and O–H groups in total. The third kappa shape index (κ3) is 4.86. The van der Waals surface area contributed by atoms with Gasteiger partial charge < -0.3 is 0 Å². The van der Waals surface area contributed by atoms with Crippen LogP contribution in [0.2, 0.25) is 0 Å². The van der Waals surface area contributed by atoms with E-state index >= 15 is 0 Å². The fourth-order valence-corrected chi connectivity index (χ4v) is 3.41. The lowest BCUT2D eigenvalue weighted by atomic mass is 10.1. The van der Waals surface area contributed by atoms with Crippen LogP contribution in [0.4, 0.5) is 5.13 Å². The molecule has 1 amide bonds. The number of imidazole rings is 1. The summed E-state index contributed by atoms with van der Waals surface area (Å²) in [6.45, 7) is 0. The third-order valence-electron chi connectivity index (χ3n) is 4.28. The number of amides is 1. The molecule has 0 unspecified atom stereocenters. The summed E-state index contributed by atoms with van der Waals surface area (Å²) in [6, 6.07) is 7.49. The lowest BCUT2D eigenvalue weighted by molar-refractivity contribution is 0.102. The van der Waals surface area contributed by atoms with Crippen LogP contribution < -0.4 is 5.32 Å². The van der Waals surface area contributed by atoms with Crippen LogP contribution in [0.15, 0.2) is 66.8 Å². The first kappa shape index (κ1) is 24.3. The first-order valence-corrected chi connectivity index (χ1v) is 9.29. The molecule has 0 atom stereocenters. The summed E-state index contributed by atoms with van der Waals surface area (Å²) in [4.78, 5) is 25.2. The number of thiazole rings is 1. The van der Waals surface area contributed by atoms with Crippen molar-refractivity contribution in [1.82, 2.24) is 29.5 Å². The van der Waals surface area contributed by atoms with Gasteiger partial charge in [0.15, 0.2) is 5.13 Å². The predicted molar refractivity (Wildman–Crippen MR) is 128 cm³/mol. The number of H-pyrrole nitrogens is 1. The van der Waals surface area contributed by atoms with E-state index < -0.39 is 0 Å². The van der Waals surface area contributed by atoms with Gasteiger partial charge in [0.05, 0.1) is 29.3 Å². The monoisotopic (exact) mass is 495 g/mol. The number of pyridine rings is 2. The molecule has 0 aromatic carbocycles. The maximum absolute atomic E-state index is 12.3. The van der Waals surface area contributed by atoms with Crippen LogP contribution in [0.5, 0.6) is 0 Å². The molecule has 0 saturated carbocycles. The molecule has 5 rings (SSSR count). The molecular formula is C19H16Cl3N7OS. The molecule has 0 bridgehead atoms. The molecule has 5 aromatic rings. The van der Waals surface area contributed by atoms with Gasteiger partial charge >= 0.3 is 0 Å². The van der Waals surface area contributed by atoms with E-state index in [0.29, 0.717) is 10.7 Å². The zero-order valence-corrected chi connectivity index (χ0v) is 18.9. The average molecular weight is 497 g/mol. The van der Waals surface area contributed by atoms with Crippen molar-refractivity contribution in [3.63, 3.8) is 0 Å². The van der Waals surface area contributed by atoms with Gasteiger partial charge in [0.25, 0.3) is 5.91 Å². The average Bonchev–Trinajstić information content (AvgIpc) is 3.49. The van der Waals surface area contributed by atoms with Gasteiger partial charge in [0.1, 0.15) is 5.65 Å². The molecule has 5 aromatic heterocycles. The highest BCUT2D eigenvalue weighted by Crippen LogP contribution is 2.24. The maximum Gasteiger partial charge on any atom is 0.259 e. The summed E-state index contributed by atoms with van der Waals surface area (Å²) in [5.41, 5.74) is 4.85. The number of nitrogens with one attached hydrogen (secondary N) is 2. The molecule has 0 aliphatic rings. The first-order chi connectivity index (χ1) is 13.8. The molecule has 0 aliphatic carbocycles. The number of hydrogen-bond acceptors (Lipinski definition) is 6. The maximum atomic E-state index is 12.3. The lowest BCUT2D eigenvalue weighted by Crippen LogP contribution is -2.11. The van der Waals surface area contributed by atoms with Gasteiger partial charge in [-0.15, -0.1) is 48.6 Å². The van der Waals surface area contributed by atoms with Crippen LogP contribution in [0.3, 0.4) is 0 Å². The lowest BCUT2D eigenvalue weighted by Gasteiger charge is -2.05. The zero-order valence-electron chi connectivity index (χ0n) is 15.6. The van der Waals surface area contributed by atoms with Crippen molar-refractivity contribution in [2.75, 3.05) is 5.32 Å². The Labute approximate surface area is 199 Å². The van der Waals surface area contributed by atoms with Crippen LogP contribution in [0.25, 0.3) is 28.2 Å². The van der Waals surface area contributed by atoms with Crippen molar-refractivity contribution >= 4 is 65.2 Å². The first-order valence-electron chi connectivity index (χ1n) is 8.41. The minimum absolute atomic E-state index is 0. The van der Waals surface area contributed by atoms with E-state index in [1.807, 2.05) is 35.0 Å². The molecular weight excluding hydrogens is 481 g/mol. The number of halogens is 3. The van der Waals surface area contributed by atoms with Gasteiger partial charge in [-0.05, 0) is 24.3 Å². The molecule has 31 heavy (non-hydrogen) atoms. The highest BCUT2D eigenvalue weighted by atomic mass is 35.5. The van der Waals surface area contributed by atoms with Crippen molar-refractivity contribution in [3.8, 4) is 22.5 Å². The van der Waals surface area contributed by atoms with Gasteiger partial charge in [0, 0.05) is 41.3 Å². The largest absolute Gasteiger partial charge is 0.298 e. The van der Waals surface area contributed by atoms with E-state index in [-0.39, 0.29) is 43.1 Å². The van der Waals surface area contributed by atoms with E-state index in [0.717, 1.165) is 28.2 Å². The van der Waals surface area contributed by atoms with Gasteiger partial charge in [-0.1, -0.05) is 0 Å². The molecule has 8 nitrogen and oxygen atoms in total. The number of anilines is 1. The highest BCUT2D eigenvalue weighted by Gasteiger charge is 2.12. The number of fused-ring (bicyclic) bond motifs is 1. The summed E-state index contributed by atoms with van der Waals surface area (Å²) in [5, 5.41) is 11.9. The summed E-state index contributed by atoms with van der Waals surface area (Å²) in [6.07, 6.45) is 10.6. The molecule has 0 spiro atoms. The Morgan fingerprint density at radius 3 is 2.52 bits per heavy atom. The van der Waals surface area contributed by atoms with E-state index in [9.17, 15) is 4.79 Å². The second-order valence-electron chi connectivity index (χ2n) is 6.00. The molecule has 160 valence electrons. The minimum Gasteiger partial charge on any atom is -0.298 e. The van der Waals surface area contributed by atoms with Crippen LogP contribution in [0, 0.1) is 0 Å². The quantitative estimate of drug-likeness (QED) is 0.373. The SMILES string of the molecule is Cl.Cl.Cl.O=C(Nc1nccs1)c1ccc(-c2cnc3ccc(-c4cn[nH]c4)cn23)nc1. The summed E-state index contributed by atoms with van der Waals surface area (Å²) in [7, 11) is 0. The van der Waals surface area contributed by atoms with Crippen LogP contribution in [-0.2, 0) is 0 Å². The smallest absolute Gasteiger partial charge is 0.259 e. The second kappa shape index (κ2) is 10.4. The van der Waals surface area contributed by atoms with E-state index in [1.165, 1.54) is 11.3 Å². The van der Waals surface area contributed by atoms with Crippen molar-refractivity contribution in [1.29, 1.82) is 0 Å². The number of nitrogens with zero attached hydrogens (tertiary/aromatic N) is 5. The Balaban J connectivity index is 0.00000114. The van der Waals surface area contributed by atoms with Crippen molar-refractivity contribution in [3.05, 3.63) is 72.4 Å². The summed E-state index contributed by atoms with van der Waals surface area (Å²) in [5.74, 6) is -0.241. The molecule has 0 saturated heterocycles. The van der Waals surface area contributed by atoms with Gasteiger partial charge in [-0.25, -0.2) is 9.97 Å². The van der Waals surface area contributed by atoms with Crippen LogP contribution >= 0.6 is 48.6 Å². The Hall–Kier alpha value is -2.98. The number of carbonyl (C=O) groups excluding carboxylic acids is 1. The number of hydrogen-bond donors (Lipinski definition) is 2. The van der Waals surface area contributed by atoms with Crippen LogP contribution in [-0.4, -0.2) is 35.5 Å². The molecule has 0 aliphatic heterocycles. The normalized spacial score (nSPS) is 9.94. The number of carbonyl (C=O) groups is 1. The number of aromatic amines is 1. The molecule has 5 heterocycles. The molecule has 0 radical (unpaired) electrons. The Kier molecular flexibility index (Phi) is 8.12. The van der Waals surface area contributed by atoms with Gasteiger partial charge in [-0.3, -0.25) is 24.6 Å². The fraction of sp³-hybridized carbons (Fsp3) is 0. The topological polar surface area (TPSA) is 101 Å². The van der Waals surface area contributed by atoms with Crippen LogP contribution in [0.1, 0.15) is 10.4 Å². The second-order valence-corrected chi connectivity index (χ2v) is 6.89. The molecule has 12 heteroatoms. The minimum atomic E-state index is -0.241. The standard InChI is InChI=1S/C19H13N7OS.3ClH/c27-18(25-19-20-5-6-28-19)12-1-3-15(21-7-12)16-10-22-17-4-2-13(11-26(16)17)14-8-23-24-9-14;;;/h1-11H,(H,23,24)(H,20,25,27);3*1H. The van der Waals surface area contributed by atoms with E-state index in [2.05, 4.69) is 30.5 Å². The zero-order chi connectivity index (χ0) is 18.9. The molecule has 0 fully saturated rings. The number of aromatic nitrogens is 6. The van der Waals surface area contributed by atoms with E-state index in [1.54, 1.807) is 36.2 Å². The van der Waals surface area contributed by atoms with Crippen molar-refractivity contribution in [2.24, 2.45) is 0 Å². The Morgan fingerprint density at radius 1 is 0.968 bits per heavy atom. The fourth-order valence-electron chi connectivity index (χ4n) is 2.88. The van der Waals surface area contributed by atoms with E-state index in [4.69, 9.17) is 0 Å². The summed E-state index contributed by atoms with van der Waals surface area (Å²) < 4.78 is 1.97. The number of rotatable bonds is 4. The van der Waals surface area contributed by atoms with Crippen molar-refractivity contribution < 1.29 is 4.79 Å². The van der Waals surface area contributed by atoms with Crippen molar-refractivity contribution in [2.45, 2.75) is 0 Å². The Bertz CT molecular complexity index is 1260. The Morgan fingerprint density at radius 2 is 1.84 bits per heavy atom. The van der Waals surface area contributed by atoms with Gasteiger partial charge in [-0.2, -0.15) is 5.10 Å². The predicted octanol–water partition coefficient (Wildman–Crippen LogP) is 4.76. The van der Waals surface area contributed by atoms with Gasteiger partial charge in [0.2, 0.25) is 0 Å².